The zero-order chi connectivity index (χ0) is 28.4. The van der Waals surface area contributed by atoms with Gasteiger partial charge in [-0.2, -0.15) is 0 Å². The number of hydrogen-bond acceptors (Lipinski definition) is 12. The molecule has 5 heterocycles. The summed E-state index contributed by atoms with van der Waals surface area (Å²) in [6.45, 7) is 4.48. The number of rotatable bonds is 5. The molecule has 9 N–H and O–H groups in total. The minimum absolute atomic E-state index is 0.0303. The van der Waals surface area contributed by atoms with Gasteiger partial charge in [-0.15, -0.1) is 0 Å². The number of hydrogen-bond donors (Lipinski definition) is 7. The van der Waals surface area contributed by atoms with Crippen LogP contribution >= 0.6 is 0 Å². The van der Waals surface area contributed by atoms with Gasteiger partial charge in [-0.05, 0) is 30.0 Å². The molecule has 0 saturated carbocycles. The van der Waals surface area contributed by atoms with Gasteiger partial charge in [-0.3, -0.25) is 9.59 Å². The van der Waals surface area contributed by atoms with Crippen molar-refractivity contribution in [1.82, 2.24) is 20.9 Å². The maximum Gasteiger partial charge on any atom is 0.287 e. The monoisotopic (exact) mass is 552 g/mol. The second-order valence-corrected chi connectivity index (χ2v) is 11.1. The molecule has 1 aromatic heterocycles. The molecule has 4 aliphatic rings. The molecular formula is C26H32N8O6. The molecule has 40 heavy (non-hydrogen) atoms. The van der Waals surface area contributed by atoms with E-state index < -0.39 is 41.4 Å². The van der Waals surface area contributed by atoms with E-state index in [0.717, 1.165) is 12.0 Å². The normalized spacial score (nSPS) is 29.1. The van der Waals surface area contributed by atoms with Crippen molar-refractivity contribution >= 4 is 23.7 Å². The molecule has 3 unspecified atom stereocenters. The summed E-state index contributed by atoms with van der Waals surface area (Å²) in [5, 5.41) is 31.7. The van der Waals surface area contributed by atoms with E-state index in [1.165, 1.54) is 17.2 Å². The van der Waals surface area contributed by atoms with E-state index in [2.05, 4.69) is 39.8 Å². The first-order valence-corrected chi connectivity index (χ1v) is 13.0. The van der Waals surface area contributed by atoms with Crippen molar-refractivity contribution in [2.75, 3.05) is 19.7 Å². The van der Waals surface area contributed by atoms with Gasteiger partial charge in [-0.25, -0.2) is 9.98 Å². The molecule has 1 spiro atoms. The SMILES string of the molecule is CC1(C)CCOc2c(C(=O)NC3CN4C(N)=N[C@@H](CNC(=O)c5ccco5)C5N=C(N)NC54C3(O)O)cccc21. The summed E-state index contributed by atoms with van der Waals surface area (Å²) in [6.07, 6.45) is 2.18. The van der Waals surface area contributed by atoms with Crippen LogP contribution in [0, 0.1) is 0 Å². The van der Waals surface area contributed by atoms with Gasteiger partial charge in [0, 0.05) is 18.7 Å². The summed E-state index contributed by atoms with van der Waals surface area (Å²) in [7, 11) is 0. The zero-order valence-corrected chi connectivity index (χ0v) is 22.0. The lowest BCUT2D eigenvalue weighted by Gasteiger charge is -2.49. The third-order valence-electron chi connectivity index (χ3n) is 8.29. The number of benzene rings is 1. The number of furan rings is 1. The first-order chi connectivity index (χ1) is 19.0. The fourth-order valence-electron chi connectivity index (χ4n) is 6.13. The number of guanidine groups is 2. The predicted molar refractivity (Wildman–Crippen MR) is 142 cm³/mol. The lowest BCUT2D eigenvalue weighted by Crippen LogP contribution is -2.78. The molecule has 1 fully saturated rings. The number of amides is 2. The number of carbonyl (C=O) groups excluding carboxylic acids is 2. The quantitative estimate of drug-likeness (QED) is 0.214. The van der Waals surface area contributed by atoms with Gasteiger partial charge in [0.25, 0.3) is 11.8 Å². The summed E-state index contributed by atoms with van der Waals surface area (Å²) in [5.41, 5.74) is 11.6. The Morgan fingerprint density at radius 2 is 1.98 bits per heavy atom. The van der Waals surface area contributed by atoms with Gasteiger partial charge in [0.15, 0.2) is 23.3 Å². The minimum atomic E-state index is -2.61. The van der Waals surface area contributed by atoms with Crippen molar-refractivity contribution in [1.29, 1.82) is 0 Å². The van der Waals surface area contributed by atoms with Gasteiger partial charge in [0.1, 0.15) is 17.8 Å². The number of nitrogens with one attached hydrogen (secondary N) is 3. The van der Waals surface area contributed by atoms with Crippen LogP contribution in [0.3, 0.4) is 0 Å². The van der Waals surface area contributed by atoms with E-state index in [-0.39, 0.29) is 41.7 Å². The summed E-state index contributed by atoms with van der Waals surface area (Å²) in [5.74, 6) is -3.14. The first-order valence-electron chi connectivity index (χ1n) is 13.0. The molecule has 14 heteroatoms. The first kappa shape index (κ1) is 26.0. The van der Waals surface area contributed by atoms with Crippen molar-refractivity contribution in [3.63, 3.8) is 0 Å². The molecule has 1 saturated heterocycles. The van der Waals surface area contributed by atoms with Crippen LogP contribution in [0.2, 0.25) is 0 Å². The second-order valence-electron chi connectivity index (χ2n) is 11.1. The average molecular weight is 553 g/mol. The van der Waals surface area contributed by atoms with E-state index in [9.17, 15) is 19.8 Å². The van der Waals surface area contributed by atoms with Crippen LogP contribution < -0.4 is 32.2 Å². The lowest BCUT2D eigenvalue weighted by atomic mass is 9.79. The molecule has 2 aromatic rings. The number of fused-ring (bicyclic) bond motifs is 1. The third-order valence-corrected chi connectivity index (χ3v) is 8.29. The van der Waals surface area contributed by atoms with Gasteiger partial charge in [0.2, 0.25) is 5.79 Å². The number of para-hydroxylation sites is 1. The highest BCUT2D eigenvalue weighted by Crippen LogP contribution is 2.45. The molecule has 6 rings (SSSR count). The second kappa shape index (κ2) is 8.86. The molecule has 0 aliphatic carbocycles. The predicted octanol–water partition coefficient (Wildman–Crippen LogP) is -1.46. The van der Waals surface area contributed by atoms with E-state index in [1.807, 2.05) is 6.07 Å². The maximum absolute atomic E-state index is 13.5. The Balaban J connectivity index is 1.27. The van der Waals surface area contributed by atoms with Crippen LogP contribution in [0.1, 0.15) is 46.7 Å². The standard InChI is InChI=1S/C26H32N8O6/c1-24(2)8-10-40-18-13(5-3-6-14(18)24)20(35)31-17-12-34-23(28)30-15(11-29-21(36)16-7-4-9-39-16)19-25(34,26(17,37)38)33-22(27)32-19/h3-7,9,15,17,19,37-38H,8,10-12H2,1-2H3,(H2,28,30)(H,29,36)(H,31,35)(H3,27,32,33)/t15-,17?,19?,25?/m0/s1. The third kappa shape index (κ3) is 3.70. The fourth-order valence-corrected chi connectivity index (χ4v) is 6.13. The molecule has 4 atom stereocenters. The Labute approximate surface area is 229 Å². The average Bonchev–Trinajstić information content (AvgIpc) is 3.61. The van der Waals surface area contributed by atoms with Crippen molar-refractivity contribution in [2.45, 2.75) is 55.3 Å². The number of carbonyl (C=O) groups is 2. The molecule has 212 valence electrons. The molecule has 0 bridgehead atoms. The fraction of sp³-hybridized carbons (Fsp3) is 0.462. The Kier molecular flexibility index (Phi) is 5.75. The smallest absolute Gasteiger partial charge is 0.287 e. The van der Waals surface area contributed by atoms with E-state index in [1.54, 1.807) is 18.2 Å². The van der Waals surface area contributed by atoms with Crippen LogP contribution in [-0.2, 0) is 5.41 Å². The highest BCUT2D eigenvalue weighted by atomic mass is 16.5. The Bertz CT molecular complexity index is 1420. The molecular weight excluding hydrogens is 520 g/mol. The molecule has 2 amide bonds. The number of aliphatic imine (C=N–C) groups is 2. The molecule has 14 nitrogen and oxygen atoms in total. The highest BCUT2D eigenvalue weighted by Gasteiger charge is 2.73. The summed E-state index contributed by atoms with van der Waals surface area (Å²) >= 11 is 0. The lowest BCUT2D eigenvalue weighted by molar-refractivity contribution is -0.230. The summed E-state index contributed by atoms with van der Waals surface area (Å²) in [6, 6.07) is 5.43. The maximum atomic E-state index is 13.5. The Morgan fingerprint density at radius 1 is 1.18 bits per heavy atom. The number of nitrogens with zero attached hydrogens (tertiary/aromatic N) is 3. The zero-order valence-electron chi connectivity index (χ0n) is 22.0. The van der Waals surface area contributed by atoms with Crippen LogP contribution in [-0.4, -0.2) is 88.1 Å². The van der Waals surface area contributed by atoms with Crippen molar-refractivity contribution in [3.05, 3.63) is 53.5 Å². The number of aliphatic hydroxyl groups is 2. The summed E-state index contributed by atoms with van der Waals surface area (Å²) < 4.78 is 11.0. The van der Waals surface area contributed by atoms with Crippen LogP contribution in [0.5, 0.6) is 5.75 Å². The minimum Gasteiger partial charge on any atom is -0.492 e. The van der Waals surface area contributed by atoms with Crippen LogP contribution in [0.4, 0.5) is 0 Å². The van der Waals surface area contributed by atoms with Gasteiger partial charge >= 0.3 is 0 Å². The number of ether oxygens (including phenoxy) is 1. The van der Waals surface area contributed by atoms with Crippen molar-refractivity contribution in [2.24, 2.45) is 21.5 Å². The Morgan fingerprint density at radius 3 is 2.73 bits per heavy atom. The molecule has 4 aliphatic heterocycles. The highest BCUT2D eigenvalue weighted by molar-refractivity contribution is 5.98. The van der Waals surface area contributed by atoms with Crippen LogP contribution in [0.15, 0.2) is 51.0 Å². The number of nitrogens with two attached hydrogens (primary N) is 2. The van der Waals surface area contributed by atoms with E-state index in [4.69, 9.17) is 20.6 Å². The van der Waals surface area contributed by atoms with Gasteiger partial charge < -0.3 is 51.7 Å². The van der Waals surface area contributed by atoms with E-state index >= 15 is 0 Å². The molecule has 0 radical (unpaired) electrons. The van der Waals surface area contributed by atoms with Crippen molar-refractivity contribution in [3.8, 4) is 5.75 Å². The van der Waals surface area contributed by atoms with Gasteiger partial charge in [-0.1, -0.05) is 26.0 Å². The van der Waals surface area contributed by atoms with Crippen molar-refractivity contribution < 1.29 is 29.0 Å². The van der Waals surface area contributed by atoms with Gasteiger partial charge in [0.05, 0.1) is 24.5 Å². The van der Waals surface area contributed by atoms with E-state index in [0.29, 0.717) is 12.4 Å². The van der Waals surface area contributed by atoms with Crippen LogP contribution in [0.25, 0.3) is 0 Å². The Hall–Kier alpha value is -4.30. The molecule has 1 aromatic carbocycles. The topological polar surface area (TPSA) is 213 Å². The summed E-state index contributed by atoms with van der Waals surface area (Å²) in [4.78, 5) is 36.3. The largest absolute Gasteiger partial charge is 0.492 e.